The van der Waals surface area contributed by atoms with E-state index < -0.39 is 0 Å². The van der Waals surface area contributed by atoms with Crippen molar-refractivity contribution in [3.8, 4) is 11.4 Å². The van der Waals surface area contributed by atoms with Crippen molar-refractivity contribution < 1.29 is 9.18 Å². The minimum Gasteiger partial charge on any atom is -0.324 e. The van der Waals surface area contributed by atoms with E-state index in [9.17, 15) is 9.18 Å². The van der Waals surface area contributed by atoms with Crippen molar-refractivity contribution in [2.75, 3.05) is 5.32 Å². The first kappa shape index (κ1) is 16.0. The fourth-order valence-corrected chi connectivity index (χ4v) is 2.95. The van der Waals surface area contributed by atoms with Gasteiger partial charge >= 0.3 is 0 Å². The number of hydrogen-bond donors (Lipinski definition) is 1. The molecule has 1 heterocycles. The summed E-state index contributed by atoms with van der Waals surface area (Å²) in [6, 6.07) is 23.3. The molecule has 0 unspecified atom stereocenters. The molecule has 0 bridgehead atoms. The van der Waals surface area contributed by atoms with Crippen molar-refractivity contribution in [1.29, 1.82) is 0 Å². The maximum Gasteiger partial charge on any atom is 0.244 e. The minimum atomic E-state index is -0.388. The molecule has 0 radical (unpaired) electrons. The molecule has 0 fully saturated rings. The van der Waals surface area contributed by atoms with Crippen LogP contribution in [0.3, 0.4) is 0 Å². The Bertz CT molecular complexity index is 1070. The zero-order valence-corrected chi connectivity index (χ0v) is 13.9. The summed E-state index contributed by atoms with van der Waals surface area (Å²) in [5.74, 6) is 0.0954. The Kier molecular flexibility index (Phi) is 4.19. The number of hydrogen-bond acceptors (Lipinski definition) is 2. The maximum absolute atomic E-state index is 13.3. The van der Waals surface area contributed by atoms with Gasteiger partial charge in [-0.05, 0) is 30.3 Å². The Labute approximate surface area is 149 Å². The third kappa shape index (κ3) is 3.19. The van der Waals surface area contributed by atoms with Gasteiger partial charge in [0.05, 0.1) is 11.0 Å². The molecule has 0 saturated carbocycles. The lowest BCUT2D eigenvalue weighted by atomic mass is 10.2. The van der Waals surface area contributed by atoms with E-state index >= 15 is 0 Å². The molecule has 1 N–H and O–H groups in total. The number of amides is 1. The molecule has 3 aromatic carbocycles. The van der Waals surface area contributed by atoms with Crippen LogP contribution in [-0.4, -0.2) is 15.5 Å². The first-order valence-corrected chi connectivity index (χ1v) is 8.27. The third-order valence-electron chi connectivity index (χ3n) is 4.10. The number of para-hydroxylation sites is 2. The molecule has 128 valence electrons. The smallest absolute Gasteiger partial charge is 0.244 e. The second-order valence-corrected chi connectivity index (χ2v) is 5.93. The van der Waals surface area contributed by atoms with E-state index in [1.54, 1.807) is 12.1 Å². The molecule has 4 nitrogen and oxygen atoms in total. The van der Waals surface area contributed by atoms with Crippen molar-refractivity contribution in [2.24, 2.45) is 0 Å². The fraction of sp³-hybridized carbons (Fsp3) is 0.0476. The number of nitrogens with one attached hydrogen (secondary N) is 1. The lowest BCUT2D eigenvalue weighted by Crippen LogP contribution is -2.19. The Morgan fingerprint density at radius 2 is 1.73 bits per heavy atom. The summed E-state index contributed by atoms with van der Waals surface area (Å²) in [5, 5.41) is 2.74. The quantitative estimate of drug-likeness (QED) is 0.593. The van der Waals surface area contributed by atoms with Crippen molar-refractivity contribution in [3.63, 3.8) is 0 Å². The van der Waals surface area contributed by atoms with Gasteiger partial charge in [-0.3, -0.25) is 4.79 Å². The molecule has 26 heavy (non-hydrogen) atoms. The normalized spacial score (nSPS) is 10.8. The summed E-state index contributed by atoms with van der Waals surface area (Å²) in [5.41, 5.74) is 3.06. The second kappa shape index (κ2) is 6.80. The fourth-order valence-electron chi connectivity index (χ4n) is 2.95. The van der Waals surface area contributed by atoms with Crippen LogP contribution >= 0.6 is 0 Å². The van der Waals surface area contributed by atoms with E-state index in [-0.39, 0.29) is 18.3 Å². The minimum absolute atomic E-state index is 0.0846. The number of imidazole rings is 1. The van der Waals surface area contributed by atoms with Gasteiger partial charge in [-0.25, -0.2) is 9.37 Å². The first-order chi connectivity index (χ1) is 12.7. The van der Waals surface area contributed by atoms with Crippen LogP contribution in [0.25, 0.3) is 22.4 Å². The standard InChI is InChI=1S/C21H16FN3O/c22-16-9-6-10-17(13-16)23-20(26)14-25-19-12-5-4-11-18(19)24-21(25)15-7-2-1-3-8-15/h1-13H,14H2,(H,23,26). The number of halogens is 1. The number of benzene rings is 3. The van der Waals surface area contributed by atoms with Crippen LogP contribution in [0.2, 0.25) is 0 Å². The van der Waals surface area contributed by atoms with Gasteiger partial charge in [0.2, 0.25) is 5.91 Å². The van der Waals surface area contributed by atoms with Crippen LogP contribution in [0.5, 0.6) is 0 Å². The molecule has 0 aliphatic heterocycles. The number of rotatable bonds is 4. The van der Waals surface area contributed by atoms with Crippen LogP contribution in [0.4, 0.5) is 10.1 Å². The second-order valence-electron chi connectivity index (χ2n) is 5.93. The average Bonchev–Trinajstić information content (AvgIpc) is 3.01. The molecule has 1 amide bonds. The third-order valence-corrected chi connectivity index (χ3v) is 4.10. The SMILES string of the molecule is O=C(Cn1c(-c2ccccc2)nc2ccccc21)Nc1cccc(F)c1. The highest BCUT2D eigenvalue weighted by Crippen LogP contribution is 2.24. The van der Waals surface area contributed by atoms with Gasteiger partial charge in [-0.2, -0.15) is 0 Å². The van der Waals surface area contributed by atoms with Crippen LogP contribution < -0.4 is 5.32 Å². The Morgan fingerprint density at radius 3 is 2.54 bits per heavy atom. The summed E-state index contributed by atoms with van der Waals surface area (Å²) in [7, 11) is 0. The topological polar surface area (TPSA) is 46.9 Å². The number of fused-ring (bicyclic) bond motifs is 1. The summed E-state index contributed by atoms with van der Waals surface area (Å²) in [6.45, 7) is 0.0846. The molecule has 1 aromatic heterocycles. The van der Waals surface area contributed by atoms with E-state index in [2.05, 4.69) is 10.3 Å². The molecule has 0 spiro atoms. The molecular weight excluding hydrogens is 329 g/mol. The van der Waals surface area contributed by atoms with Crippen molar-refractivity contribution >= 4 is 22.6 Å². The molecule has 4 rings (SSSR count). The van der Waals surface area contributed by atoms with E-state index in [1.807, 2.05) is 59.2 Å². The zero-order chi connectivity index (χ0) is 17.9. The zero-order valence-electron chi connectivity index (χ0n) is 13.9. The van der Waals surface area contributed by atoms with E-state index in [4.69, 9.17) is 0 Å². The molecule has 4 aromatic rings. The number of anilines is 1. The number of carbonyl (C=O) groups excluding carboxylic acids is 1. The molecule has 0 saturated heterocycles. The largest absolute Gasteiger partial charge is 0.324 e. The number of aromatic nitrogens is 2. The first-order valence-electron chi connectivity index (χ1n) is 8.27. The van der Waals surface area contributed by atoms with Crippen LogP contribution in [0.1, 0.15) is 0 Å². The van der Waals surface area contributed by atoms with Crippen LogP contribution in [0, 0.1) is 5.82 Å². The Hall–Kier alpha value is -3.47. The van der Waals surface area contributed by atoms with Crippen molar-refractivity contribution in [3.05, 3.63) is 84.7 Å². The van der Waals surface area contributed by atoms with Gasteiger partial charge in [0.15, 0.2) is 0 Å². The maximum atomic E-state index is 13.3. The summed E-state index contributed by atoms with van der Waals surface area (Å²) in [4.78, 5) is 17.2. The van der Waals surface area contributed by atoms with E-state index in [0.29, 0.717) is 5.69 Å². The highest BCUT2D eigenvalue weighted by Gasteiger charge is 2.15. The molecule has 5 heteroatoms. The van der Waals surface area contributed by atoms with Gasteiger partial charge in [0.25, 0.3) is 0 Å². The van der Waals surface area contributed by atoms with E-state index in [1.165, 1.54) is 12.1 Å². The summed E-state index contributed by atoms with van der Waals surface area (Å²) in [6.07, 6.45) is 0. The van der Waals surface area contributed by atoms with Crippen molar-refractivity contribution in [1.82, 2.24) is 9.55 Å². The van der Waals surface area contributed by atoms with Crippen molar-refractivity contribution in [2.45, 2.75) is 6.54 Å². The van der Waals surface area contributed by atoms with Gasteiger partial charge in [0.1, 0.15) is 18.2 Å². The van der Waals surface area contributed by atoms with Gasteiger partial charge in [-0.1, -0.05) is 48.5 Å². The van der Waals surface area contributed by atoms with Crippen LogP contribution in [-0.2, 0) is 11.3 Å². The summed E-state index contributed by atoms with van der Waals surface area (Å²) >= 11 is 0. The number of carbonyl (C=O) groups is 1. The van der Waals surface area contributed by atoms with Gasteiger partial charge in [0, 0.05) is 11.3 Å². The Morgan fingerprint density at radius 1 is 0.962 bits per heavy atom. The predicted molar refractivity (Wildman–Crippen MR) is 100 cm³/mol. The predicted octanol–water partition coefficient (Wildman–Crippen LogP) is 4.48. The molecular formula is C21H16FN3O. The molecule has 0 atom stereocenters. The van der Waals surface area contributed by atoms with Gasteiger partial charge < -0.3 is 9.88 Å². The highest BCUT2D eigenvalue weighted by atomic mass is 19.1. The number of nitrogens with zero attached hydrogens (tertiary/aromatic N) is 2. The van der Waals surface area contributed by atoms with E-state index in [0.717, 1.165) is 22.4 Å². The highest BCUT2D eigenvalue weighted by molar-refractivity contribution is 5.92. The lowest BCUT2D eigenvalue weighted by molar-refractivity contribution is -0.116. The average molecular weight is 345 g/mol. The molecule has 0 aliphatic carbocycles. The van der Waals surface area contributed by atoms with Crippen LogP contribution in [0.15, 0.2) is 78.9 Å². The Balaban J connectivity index is 1.70. The van der Waals surface area contributed by atoms with Gasteiger partial charge in [-0.15, -0.1) is 0 Å². The molecule has 0 aliphatic rings. The monoisotopic (exact) mass is 345 g/mol. The summed E-state index contributed by atoms with van der Waals surface area (Å²) < 4.78 is 15.2. The lowest BCUT2D eigenvalue weighted by Gasteiger charge is -2.10.